The topological polar surface area (TPSA) is 70.8 Å². The Morgan fingerprint density at radius 3 is 2.04 bits per heavy atom. The predicted octanol–water partition coefficient (Wildman–Crippen LogP) is 4.23. The lowest BCUT2D eigenvalue weighted by Crippen LogP contribution is -2.03. The van der Waals surface area contributed by atoms with Gasteiger partial charge in [-0.25, -0.2) is 0 Å². The molecule has 0 saturated heterocycles. The molecular formula is C18H21NO5. The van der Waals surface area contributed by atoms with Crippen molar-refractivity contribution in [2.75, 3.05) is 19.8 Å². The van der Waals surface area contributed by atoms with Crippen molar-refractivity contribution in [2.45, 2.75) is 19.8 Å². The Bertz CT molecular complexity index is 642. The van der Waals surface area contributed by atoms with Crippen molar-refractivity contribution in [3.63, 3.8) is 0 Å². The zero-order valence-corrected chi connectivity index (χ0v) is 13.6. The first kappa shape index (κ1) is 17.6. The van der Waals surface area contributed by atoms with E-state index < -0.39 is 4.92 Å². The van der Waals surface area contributed by atoms with Gasteiger partial charge in [0, 0.05) is 18.2 Å². The van der Waals surface area contributed by atoms with Gasteiger partial charge in [0.2, 0.25) is 0 Å². The number of ether oxygens (including phenoxy) is 3. The van der Waals surface area contributed by atoms with E-state index in [0.717, 1.165) is 24.3 Å². The Balaban J connectivity index is 1.63. The fourth-order valence-electron chi connectivity index (χ4n) is 2.07. The molecule has 24 heavy (non-hydrogen) atoms. The Labute approximate surface area is 141 Å². The van der Waals surface area contributed by atoms with E-state index in [4.69, 9.17) is 14.2 Å². The molecule has 0 spiro atoms. The summed E-state index contributed by atoms with van der Waals surface area (Å²) in [4.78, 5) is 10.1. The van der Waals surface area contributed by atoms with Crippen LogP contribution in [0.2, 0.25) is 0 Å². The lowest BCUT2D eigenvalue weighted by molar-refractivity contribution is -0.384. The highest BCUT2D eigenvalue weighted by Crippen LogP contribution is 2.20. The van der Waals surface area contributed by atoms with Crippen molar-refractivity contribution in [2.24, 2.45) is 0 Å². The van der Waals surface area contributed by atoms with E-state index in [0.29, 0.717) is 25.6 Å². The molecule has 0 bridgehead atoms. The third kappa shape index (κ3) is 5.79. The molecular weight excluding hydrogens is 310 g/mol. The van der Waals surface area contributed by atoms with E-state index in [-0.39, 0.29) is 5.69 Å². The largest absolute Gasteiger partial charge is 0.494 e. The van der Waals surface area contributed by atoms with Crippen molar-refractivity contribution in [3.8, 4) is 17.2 Å². The van der Waals surface area contributed by atoms with Gasteiger partial charge in [0.25, 0.3) is 5.69 Å². The molecule has 2 rings (SSSR count). The molecule has 0 aromatic heterocycles. The molecule has 0 amide bonds. The molecule has 128 valence electrons. The van der Waals surface area contributed by atoms with Gasteiger partial charge in [-0.1, -0.05) is 6.07 Å². The van der Waals surface area contributed by atoms with Gasteiger partial charge >= 0.3 is 0 Å². The van der Waals surface area contributed by atoms with Crippen LogP contribution in [0.3, 0.4) is 0 Å². The van der Waals surface area contributed by atoms with Crippen LogP contribution >= 0.6 is 0 Å². The molecule has 0 fully saturated rings. The second-order valence-corrected chi connectivity index (χ2v) is 5.06. The van der Waals surface area contributed by atoms with Crippen molar-refractivity contribution in [1.82, 2.24) is 0 Å². The van der Waals surface area contributed by atoms with E-state index in [1.165, 1.54) is 12.1 Å². The Hall–Kier alpha value is -2.76. The van der Waals surface area contributed by atoms with Crippen LogP contribution in [0, 0.1) is 10.1 Å². The number of non-ortho nitro benzene ring substituents is 1. The minimum absolute atomic E-state index is 0.0602. The third-order valence-electron chi connectivity index (χ3n) is 3.24. The number of hydrogen-bond acceptors (Lipinski definition) is 5. The molecule has 0 aliphatic heterocycles. The number of nitrogens with zero attached hydrogens (tertiary/aromatic N) is 1. The summed E-state index contributed by atoms with van der Waals surface area (Å²) in [7, 11) is 0. The second kappa shape index (κ2) is 9.39. The van der Waals surface area contributed by atoms with E-state index >= 15 is 0 Å². The smallest absolute Gasteiger partial charge is 0.269 e. The normalized spacial score (nSPS) is 10.2. The van der Waals surface area contributed by atoms with E-state index in [9.17, 15) is 10.1 Å². The number of nitro benzene ring substituents is 1. The lowest BCUT2D eigenvalue weighted by atomic mass is 10.3. The highest BCUT2D eigenvalue weighted by atomic mass is 16.6. The number of rotatable bonds is 10. The first-order valence-electron chi connectivity index (χ1n) is 7.92. The highest BCUT2D eigenvalue weighted by Gasteiger charge is 2.04. The summed E-state index contributed by atoms with van der Waals surface area (Å²) in [6.45, 7) is 3.71. The maximum Gasteiger partial charge on any atom is 0.269 e. The average molecular weight is 331 g/mol. The summed E-state index contributed by atoms with van der Waals surface area (Å²) >= 11 is 0. The summed E-state index contributed by atoms with van der Waals surface area (Å²) in [6.07, 6.45) is 1.69. The van der Waals surface area contributed by atoms with Crippen LogP contribution < -0.4 is 14.2 Å². The molecule has 0 aliphatic rings. The summed E-state index contributed by atoms with van der Waals surface area (Å²) in [5.41, 5.74) is 0.0602. The zero-order chi connectivity index (χ0) is 17.2. The summed E-state index contributed by atoms with van der Waals surface area (Å²) < 4.78 is 16.6. The predicted molar refractivity (Wildman–Crippen MR) is 90.9 cm³/mol. The molecule has 0 atom stereocenters. The second-order valence-electron chi connectivity index (χ2n) is 5.06. The lowest BCUT2D eigenvalue weighted by Gasteiger charge is -2.09. The minimum Gasteiger partial charge on any atom is -0.494 e. The number of hydrogen-bond donors (Lipinski definition) is 0. The van der Waals surface area contributed by atoms with Crippen LogP contribution in [0.15, 0.2) is 48.5 Å². The number of unbranched alkanes of at least 4 members (excludes halogenated alkanes) is 1. The quantitative estimate of drug-likeness (QED) is 0.370. The number of nitro groups is 1. The van der Waals surface area contributed by atoms with Crippen molar-refractivity contribution in [1.29, 1.82) is 0 Å². The van der Waals surface area contributed by atoms with Gasteiger partial charge in [-0.05, 0) is 44.0 Å². The molecule has 0 N–H and O–H groups in total. The van der Waals surface area contributed by atoms with Crippen molar-refractivity contribution < 1.29 is 19.1 Å². The van der Waals surface area contributed by atoms with Gasteiger partial charge in [0.1, 0.15) is 17.2 Å². The van der Waals surface area contributed by atoms with Crippen molar-refractivity contribution in [3.05, 3.63) is 58.6 Å². The maximum atomic E-state index is 10.6. The van der Waals surface area contributed by atoms with E-state index in [1.807, 2.05) is 31.2 Å². The molecule has 2 aromatic carbocycles. The first-order valence-corrected chi connectivity index (χ1v) is 7.92. The average Bonchev–Trinajstić information content (AvgIpc) is 2.59. The molecule has 0 unspecified atom stereocenters. The Kier molecular flexibility index (Phi) is 6.89. The van der Waals surface area contributed by atoms with Gasteiger partial charge in [0.05, 0.1) is 24.7 Å². The SMILES string of the molecule is CCOc1cccc(OCCCCOc2ccc([N+](=O)[O-])cc2)c1. The minimum atomic E-state index is -0.429. The van der Waals surface area contributed by atoms with Crippen LogP contribution in [-0.4, -0.2) is 24.7 Å². The van der Waals surface area contributed by atoms with Gasteiger partial charge in [0.15, 0.2) is 0 Å². The van der Waals surface area contributed by atoms with Crippen LogP contribution in [0.5, 0.6) is 17.2 Å². The fraction of sp³-hybridized carbons (Fsp3) is 0.333. The monoisotopic (exact) mass is 331 g/mol. The number of benzene rings is 2. The van der Waals surface area contributed by atoms with Crippen LogP contribution in [0.25, 0.3) is 0 Å². The van der Waals surface area contributed by atoms with E-state index in [1.54, 1.807) is 12.1 Å². The van der Waals surface area contributed by atoms with E-state index in [2.05, 4.69) is 0 Å². The van der Waals surface area contributed by atoms with Gasteiger partial charge in [-0.3, -0.25) is 10.1 Å². The zero-order valence-electron chi connectivity index (χ0n) is 13.6. The molecule has 6 nitrogen and oxygen atoms in total. The van der Waals surface area contributed by atoms with Crippen LogP contribution in [0.1, 0.15) is 19.8 Å². The molecule has 0 radical (unpaired) electrons. The third-order valence-corrected chi connectivity index (χ3v) is 3.24. The standard InChI is InChI=1S/C18H21NO5/c1-2-22-17-6-5-7-18(14-17)24-13-4-3-12-23-16-10-8-15(9-11-16)19(20)21/h5-11,14H,2-4,12-13H2,1H3. The summed E-state index contributed by atoms with van der Waals surface area (Å²) in [6, 6.07) is 13.6. The van der Waals surface area contributed by atoms with Gasteiger partial charge in [-0.2, -0.15) is 0 Å². The van der Waals surface area contributed by atoms with Gasteiger partial charge in [-0.15, -0.1) is 0 Å². The van der Waals surface area contributed by atoms with Crippen molar-refractivity contribution >= 4 is 5.69 Å². The summed E-state index contributed by atoms with van der Waals surface area (Å²) in [5, 5.41) is 10.6. The Morgan fingerprint density at radius 1 is 0.875 bits per heavy atom. The van der Waals surface area contributed by atoms with Crippen LogP contribution in [-0.2, 0) is 0 Å². The van der Waals surface area contributed by atoms with Crippen LogP contribution in [0.4, 0.5) is 5.69 Å². The first-order chi connectivity index (χ1) is 11.7. The molecule has 2 aromatic rings. The highest BCUT2D eigenvalue weighted by molar-refractivity contribution is 5.36. The maximum absolute atomic E-state index is 10.6. The Morgan fingerprint density at radius 2 is 1.46 bits per heavy atom. The fourth-order valence-corrected chi connectivity index (χ4v) is 2.07. The molecule has 0 aliphatic carbocycles. The molecule has 6 heteroatoms. The van der Waals surface area contributed by atoms with Gasteiger partial charge < -0.3 is 14.2 Å². The molecule has 0 heterocycles. The molecule has 0 saturated carbocycles. The summed E-state index contributed by atoms with van der Waals surface area (Å²) in [5.74, 6) is 2.22.